The van der Waals surface area contributed by atoms with Gasteiger partial charge >= 0.3 is 5.97 Å². The van der Waals surface area contributed by atoms with E-state index in [1.807, 2.05) is 32.9 Å². The number of nitrogens with one attached hydrogen (secondary N) is 1. The second-order valence-corrected chi connectivity index (χ2v) is 6.79. The lowest BCUT2D eigenvalue weighted by atomic mass is 9.98. The van der Waals surface area contributed by atoms with E-state index in [1.54, 1.807) is 11.8 Å². The largest absolute Gasteiger partial charge is 0.481 e. The number of carbonyl (C=O) groups is 2. The minimum atomic E-state index is -0.842. The summed E-state index contributed by atoms with van der Waals surface area (Å²) in [6, 6.07) is 8.22. The van der Waals surface area contributed by atoms with Gasteiger partial charge in [-0.1, -0.05) is 29.8 Å². The van der Waals surface area contributed by atoms with Crippen LogP contribution in [0.1, 0.15) is 37.8 Å². The van der Waals surface area contributed by atoms with Gasteiger partial charge in [0.2, 0.25) is 5.91 Å². The lowest BCUT2D eigenvalue weighted by molar-refractivity contribution is -0.137. The highest BCUT2D eigenvalue weighted by molar-refractivity contribution is 7.99. The van der Waals surface area contributed by atoms with E-state index < -0.39 is 11.5 Å². The van der Waals surface area contributed by atoms with Gasteiger partial charge in [0.25, 0.3) is 0 Å². The summed E-state index contributed by atoms with van der Waals surface area (Å²) < 4.78 is 0. The fraction of sp³-hybridized carbons (Fsp3) is 0.500. The summed E-state index contributed by atoms with van der Waals surface area (Å²) in [5, 5.41) is 11.6. The van der Waals surface area contributed by atoms with Crippen LogP contribution in [0.4, 0.5) is 0 Å². The van der Waals surface area contributed by atoms with Gasteiger partial charge in [0.05, 0.1) is 5.75 Å². The van der Waals surface area contributed by atoms with Crippen molar-refractivity contribution in [3.05, 3.63) is 35.4 Å². The zero-order valence-corrected chi connectivity index (χ0v) is 13.6. The van der Waals surface area contributed by atoms with Gasteiger partial charge in [-0.2, -0.15) is 0 Å². The Morgan fingerprint density at radius 2 is 2.05 bits per heavy atom. The first-order valence-electron chi connectivity index (χ1n) is 6.94. The molecule has 0 fully saturated rings. The first-order chi connectivity index (χ1) is 9.78. The molecule has 0 saturated heterocycles. The van der Waals surface area contributed by atoms with Gasteiger partial charge in [-0.05, 0) is 32.8 Å². The van der Waals surface area contributed by atoms with E-state index in [1.165, 1.54) is 11.1 Å². The molecule has 5 heteroatoms. The number of carboxylic acids is 1. The van der Waals surface area contributed by atoms with Crippen LogP contribution in [0.5, 0.6) is 0 Å². The lowest BCUT2D eigenvalue weighted by Crippen LogP contribution is -2.44. The van der Waals surface area contributed by atoms with Gasteiger partial charge in [0.15, 0.2) is 0 Å². The molecule has 0 radical (unpaired) electrons. The van der Waals surface area contributed by atoms with E-state index in [-0.39, 0.29) is 12.3 Å². The molecule has 21 heavy (non-hydrogen) atoms. The number of carbonyl (C=O) groups excluding carboxylic acids is 1. The monoisotopic (exact) mass is 309 g/mol. The summed E-state index contributed by atoms with van der Waals surface area (Å²) in [5.41, 5.74) is 1.93. The van der Waals surface area contributed by atoms with Crippen LogP contribution in [-0.4, -0.2) is 28.3 Å². The summed E-state index contributed by atoms with van der Waals surface area (Å²) in [5.74, 6) is 0.281. The highest BCUT2D eigenvalue weighted by Gasteiger charge is 2.21. The van der Waals surface area contributed by atoms with Crippen LogP contribution in [0, 0.1) is 6.92 Å². The van der Waals surface area contributed by atoms with E-state index >= 15 is 0 Å². The number of aryl methyl sites for hydroxylation is 1. The van der Waals surface area contributed by atoms with E-state index in [0.29, 0.717) is 12.2 Å². The maximum Gasteiger partial charge on any atom is 0.303 e. The SMILES string of the molecule is Cc1cccc(CSCC(=O)NC(C)(C)CCC(=O)O)c1. The van der Waals surface area contributed by atoms with Gasteiger partial charge in [0.1, 0.15) is 0 Å². The second kappa shape index (κ2) is 8.08. The Morgan fingerprint density at radius 3 is 2.67 bits per heavy atom. The maximum absolute atomic E-state index is 11.9. The highest BCUT2D eigenvalue weighted by Crippen LogP contribution is 2.15. The van der Waals surface area contributed by atoms with Crippen molar-refractivity contribution in [1.29, 1.82) is 0 Å². The number of amides is 1. The first kappa shape index (κ1) is 17.6. The van der Waals surface area contributed by atoms with E-state index in [0.717, 1.165) is 5.75 Å². The summed E-state index contributed by atoms with van der Waals surface area (Å²) in [7, 11) is 0. The number of aliphatic carboxylic acids is 1. The molecule has 1 amide bonds. The molecule has 0 spiro atoms. The Labute approximate surface area is 130 Å². The third-order valence-electron chi connectivity index (χ3n) is 3.03. The highest BCUT2D eigenvalue weighted by atomic mass is 32.2. The van der Waals surface area contributed by atoms with Crippen LogP contribution in [0.15, 0.2) is 24.3 Å². The molecule has 0 atom stereocenters. The van der Waals surface area contributed by atoms with Crippen LogP contribution in [0.25, 0.3) is 0 Å². The molecule has 1 aromatic carbocycles. The second-order valence-electron chi connectivity index (χ2n) is 5.81. The van der Waals surface area contributed by atoms with Gasteiger partial charge in [0, 0.05) is 17.7 Å². The van der Waals surface area contributed by atoms with Crippen LogP contribution in [-0.2, 0) is 15.3 Å². The predicted molar refractivity (Wildman–Crippen MR) is 86.4 cm³/mol. The molecule has 0 saturated carbocycles. The van der Waals surface area contributed by atoms with Gasteiger partial charge in [-0.15, -0.1) is 11.8 Å². The zero-order valence-electron chi connectivity index (χ0n) is 12.8. The summed E-state index contributed by atoms with van der Waals surface area (Å²) in [6.07, 6.45) is 0.486. The number of hydrogen-bond donors (Lipinski definition) is 2. The average Bonchev–Trinajstić information content (AvgIpc) is 2.36. The molecule has 4 nitrogen and oxygen atoms in total. The van der Waals surface area contributed by atoms with Crippen molar-refractivity contribution in [2.24, 2.45) is 0 Å². The average molecular weight is 309 g/mol. The third-order valence-corrected chi connectivity index (χ3v) is 4.03. The molecular weight excluding hydrogens is 286 g/mol. The van der Waals surface area contributed by atoms with Crippen LogP contribution < -0.4 is 5.32 Å². The number of rotatable bonds is 8. The molecule has 0 unspecified atom stereocenters. The predicted octanol–water partition coefficient (Wildman–Crippen LogP) is 2.99. The van der Waals surface area contributed by atoms with Crippen LogP contribution in [0.3, 0.4) is 0 Å². The fourth-order valence-electron chi connectivity index (χ4n) is 1.96. The van der Waals surface area contributed by atoms with Crippen molar-refractivity contribution in [2.45, 2.75) is 44.9 Å². The topological polar surface area (TPSA) is 66.4 Å². The van der Waals surface area contributed by atoms with Crippen molar-refractivity contribution in [3.8, 4) is 0 Å². The van der Waals surface area contributed by atoms with E-state index in [4.69, 9.17) is 5.11 Å². The van der Waals surface area contributed by atoms with E-state index in [9.17, 15) is 9.59 Å². The van der Waals surface area contributed by atoms with Crippen molar-refractivity contribution >= 4 is 23.6 Å². The van der Waals surface area contributed by atoms with Crippen molar-refractivity contribution < 1.29 is 14.7 Å². The smallest absolute Gasteiger partial charge is 0.303 e. The minimum Gasteiger partial charge on any atom is -0.481 e. The Kier molecular flexibility index (Phi) is 6.75. The van der Waals surface area contributed by atoms with Gasteiger partial charge < -0.3 is 10.4 Å². The number of hydrogen-bond acceptors (Lipinski definition) is 3. The van der Waals surface area contributed by atoms with Gasteiger partial charge in [-0.3, -0.25) is 9.59 Å². The fourth-order valence-corrected chi connectivity index (χ4v) is 2.73. The molecular formula is C16H23NO3S. The third kappa shape index (κ3) is 7.75. The summed E-state index contributed by atoms with van der Waals surface area (Å²) >= 11 is 1.56. The summed E-state index contributed by atoms with van der Waals surface area (Å²) in [6.45, 7) is 5.74. The Hall–Kier alpha value is -1.49. The minimum absolute atomic E-state index is 0.0527. The number of thioether (sulfide) groups is 1. The lowest BCUT2D eigenvalue weighted by Gasteiger charge is -2.25. The molecule has 2 N–H and O–H groups in total. The quantitative estimate of drug-likeness (QED) is 0.775. The van der Waals surface area contributed by atoms with Crippen molar-refractivity contribution in [3.63, 3.8) is 0 Å². The van der Waals surface area contributed by atoms with E-state index in [2.05, 4.69) is 17.4 Å². The normalized spacial score (nSPS) is 11.2. The van der Waals surface area contributed by atoms with Crippen LogP contribution >= 0.6 is 11.8 Å². The Morgan fingerprint density at radius 1 is 1.33 bits per heavy atom. The molecule has 0 aliphatic carbocycles. The maximum atomic E-state index is 11.9. The molecule has 116 valence electrons. The molecule has 0 aliphatic rings. The van der Waals surface area contributed by atoms with Crippen molar-refractivity contribution in [2.75, 3.05) is 5.75 Å². The zero-order chi connectivity index (χ0) is 15.9. The van der Waals surface area contributed by atoms with Crippen molar-refractivity contribution in [1.82, 2.24) is 5.32 Å². The summed E-state index contributed by atoms with van der Waals surface area (Å²) in [4.78, 5) is 22.5. The Balaban J connectivity index is 2.32. The van der Waals surface area contributed by atoms with Gasteiger partial charge in [-0.25, -0.2) is 0 Å². The molecule has 1 aromatic rings. The number of carboxylic acid groups (broad SMARTS) is 1. The number of benzene rings is 1. The molecule has 0 heterocycles. The standard InChI is InChI=1S/C16H23NO3S/c1-12-5-4-6-13(9-12)10-21-11-14(18)17-16(2,3)8-7-15(19)20/h4-6,9H,7-8,10-11H2,1-3H3,(H,17,18)(H,19,20). The molecule has 1 rings (SSSR count). The Bertz CT molecular complexity index is 500. The first-order valence-corrected chi connectivity index (χ1v) is 8.10. The molecule has 0 aliphatic heterocycles. The molecule has 0 bridgehead atoms. The van der Waals surface area contributed by atoms with Crippen LogP contribution in [0.2, 0.25) is 0 Å². The molecule has 0 aromatic heterocycles.